The van der Waals surface area contributed by atoms with Gasteiger partial charge in [-0.1, -0.05) is 39.7 Å². The van der Waals surface area contributed by atoms with Gasteiger partial charge >= 0.3 is 0 Å². The van der Waals surface area contributed by atoms with Crippen LogP contribution in [-0.4, -0.2) is 10.9 Å². The number of aromatic nitrogens is 1. The predicted octanol–water partition coefficient (Wildman–Crippen LogP) is 6.09. The number of amides is 1. The van der Waals surface area contributed by atoms with Crippen molar-refractivity contribution >= 4 is 55.1 Å². The van der Waals surface area contributed by atoms with E-state index in [0.717, 1.165) is 14.5 Å². The highest BCUT2D eigenvalue weighted by atomic mass is 79.9. The van der Waals surface area contributed by atoms with Gasteiger partial charge in [0.2, 0.25) is 5.91 Å². The Kier molecular flexibility index (Phi) is 5.93. The van der Waals surface area contributed by atoms with Gasteiger partial charge in [-0.05, 0) is 46.3 Å². The molecule has 1 aromatic heterocycles. The van der Waals surface area contributed by atoms with Crippen molar-refractivity contribution in [3.05, 3.63) is 68.5 Å². The van der Waals surface area contributed by atoms with Crippen molar-refractivity contribution in [1.29, 1.82) is 0 Å². The molecule has 1 amide bonds. The first-order valence-electron chi connectivity index (χ1n) is 7.47. The Bertz CT molecular complexity index is 912. The van der Waals surface area contributed by atoms with E-state index in [1.54, 1.807) is 12.3 Å². The van der Waals surface area contributed by atoms with E-state index in [9.17, 15) is 4.79 Å². The Labute approximate surface area is 166 Å². The summed E-state index contributed by atoms with van der Waals surface area (Å²) in [7, 11) is 0. The molecule has 1 heterocycles. The SMILES string of the molecule is O=C(CCc1ncc(-c2ccccc2Cl)o1)Nc1cc(Br)ccc1Br. The van der Waals surface area contributed by atoms with Gasteiger partial charge in [-0.15, -0.1) is 0 Å². The number of rotatable bonds is 5. The summed E-state index contributed by atoms with van der Waals surface area (Å²) in [5.74, 6) is 0.977. The molecule has 0 spiro atoms. The average Bonchev–Trinajstić information content (AvgIpc) is 3.05. The fourth-order valence-corrected chi connectivity index (χ4v) is 3.17. The molecule has 0 atom stereocenters. The topological polar surface area (TPSA) is 55.1 Å². The van der Waals surface area contributed by atoms with E-state index in [4.69, 9.17) is 16.0 Å². The largest absolute Gasteiger partial charge is 0.441 e. The van der Waals surface area contributed by atoms with Crippen LogP contribution in [0.3, 0.4) is 0 Å². The Morgan fingerprint density at radius 2 is 2.00 bits per heavy atom. The molecule has 2 aromatic carbocycles. The van der Waals surface area contributed by atoms with Crippen molar-refractivity contribution in [2.75, 3.05) is 5.32 Å². The molecule has 0 aliphatic carbocycles. The van der Waals surface area contributed by atoms with Crippen molar-refractivity contribution < 1.29 is 9.21 Å². The molecular formula is C18H13Br2ClN2O2. The standard InChI is InChI=1S/C18H13Br2ClN2O2/c19-11-5-6-13(20)15(9-11)23-17(24)7-8-18-22-10-16(25-18)12-3-1-2-4-14(12)21/h1-6,9-10H,7-8H2,(H,23,24). The number of carbonyl (C=O) groups is 1. The number of anilines is 1. The summed E-state index contributed by atoms with van der Waals surface area (Å²) in [6.45, 7) is 0. The average molecular weight is 485 g/mol. The minimum Gasteiger partial charge on any atom is -0.441 e. The third-order valence-corrected chi connectivity index (χ3v) is 4.98. The fraction of sp³-hybridized carbons (Fsp3) is 0.111. The van der Waals surface area contributed by atoms with Crippen LogP contribution in [-0.2, 0) is 11.2 Å². The number of nitrogens with zero attached hydrogens (tertiary/aromatic N) is 1. The molecule has 128 valence electrons. The quantitative estimate of drug-likeness (QED) is 0.477. The lowest BCUT2D eigenvalue weighted by Gasteiger charge is -2.07. The zero-order valence-corrected chi connectivity index (χ0v) is 16.9. The molecule has 0 radical (unpaired) electrons. The van der Waals surface area contributed by atoms with Crippen LogP contribution in [0.5, 0.6) is 0 Å². The van der Waals surface area contributed by atoms with Gasteiger partial charge in [-0.25, -0.2) is 4.98 Å². The summed E-state index contributed by atoms with van der Waals surface area (Å²) >= 11 is 12.9. The molecule has 0 aliphatic heterocycles. The summed E-state index contributed by atoms with van der Waals surface area (Å²) in [6, 6.07) is 13.0. The van der Waals surface area contributed by atoms with Crippen LogP contribution in [0.15, 0.2) is 62.0 Å². The number of hydrogen-bond acceptors (Lipinski definition) is 3. The smallest absolute Gasteiger partial charge is 0.224 e. The molecule has 0 aliphatic rings. The van der Waals surface area contributed by atoms with Crippen molar-refractivity contribution in [3.8, 4) is 11.3 Å². The van der Waals surface area contributed by atoms with Crippen LogP contribution in [0.4, 0.5) is 5.69 Å². The lowest BCUT2D eigenvalue weighted by Crippen LogP contribution is -2.12. The van der Waals surface area contributed by atoms with Crippen LogP contribution in [0, 0.1) is 0 Å². The van der Waals surface area contributed by atoms with E-state index in [1.165, 1.54) is 0 Å². The maximum atomic E-state index is 12.1. The van der Waals surface area contributed by atoms with E-state index >= 15 is 0 Å². The van der Waals surface area contributed by atoms with Gasteiger partial charge in [0.1, 0.15) is 0 Å². The minimum atomic E-state index is -0.115. The maximum Gasteiger partial charge on any atom is 0.224 e. The van der Waals surface area contributed by atoms with Gasteiger partial charge in [-0.2, -0.15) is 0 Å². The number of benzene rings is 2. The molecular weight excluding hydrogens is 471 g/mol. The van der Waals surface area contributed by atoms with E-state index in [-0.39, 0.29) is 12.3 Å². The molecule has 25 heavy (non-hydrogen) atoms. The van der Waals surface area contributed by atoms with Crippen LogP contribution < -0.4 is 5.32 Å². The molecule has 0 fully saturated rings. The van der Waals surface area contributed by atoms with Crippen LogP contribution in [0.25, 0.3) is 11.3 Å². The number of oxazole rings is 1. The second kappa shape index (κ2) is 8.17. The van der Waals surface area contributed by atoms with Crippen LogP contribution in [0.1, 0.15) is 12.3 Å². The van der Waals surface area contributed by atoms with E-state index in [2.05, 4.69) is 42.2 Å². The Balaban J connectivity index is 1.61. The molecule has 3 aromatic rings. The van der Waals surface area contributed by atoms with E-state index in [0.29, 0.717) is 28.8 Å². The van der Waals surface area contributed by atoms with Crippen LogP contribution >= 0.6 is 43.5 Å². The Morgan fingerprint density at radius 3 is 2.80 bits per heavy atom. The molecule has 4 nitrogen and oxygen atoms in total. The summed E-state index contributed by atoms with van der Waals surface area (Å²) < 4.78 is 7.41. The predicted molar refractivity (Wildman–Crippen MR) is 106 cm³/mol. The van der Waals surface area contributed by atoms with Crippen LogP contribution in [0.2, 0.25) is 5.02 Å². The molecule has 0 saturated heterocycles. The van der Waals surface area contributed by atoms with Gasteiger partial charge in [0.05, 0.1) is 16.9 Å². The monoisotopic (exact) mass is 482 g/mol. The third-order valence-electron chi connectivity index (χ3n) is 3.46. The summed E-state index contributed by atoms with van der Waals surface area (Å²) in [6.07, 6.45) is 2.29. The fourth-order valence-electron chi connectivity index (χ4n) is 2.24. The van der Waals surface area contributed by atoms with Gasteiger partial charge in [0.25, 0.3) is 0 Å². The summed E-state index contributed by atoms with van der Waals surface area (Å²) in [5.41, 5.74) is 1.49. The highest BCUT2D eigenvalue weighted by Crippen LogP contribution is 2.29. The third kappa shape index (κ3) is 4.71. The van der Waals surface area contributed by atoms with Gasteiger partial charge in [0, 0.05) is 27.4 Å². The first-order valence-corrected chi connectivity index (χ1v) is 9.44. The lowest BCUT2D eigenvalue weighted by atomic mass is 10.2. The maximum absolute atomic E-state index is 12.1. The van der Waals surface area contributed by atoms with Gasteiger partial charge < -0.3 is 9.73 Å². The highest BCUT2D eigenvalue weighted by molar-refractivity contribution is 9.11. The first-order chi connectivity index (χ1) is 12.0. The van der Waals surface area contributed by atoms with Gasteiger partial charge in [-0.3, -0.25) is 4.79 Å². The second-order valence-electron chi connectivity index (χ2n) is 5.27. The van der Waals surface area contributed by atoms with Gasteiger partial charge in [0.15, 0.2) is 11.7 Å². The second-order valence-corrected chi connectivity index (χ2v) is 7.45. The highest BCUT2D eigenvalue weighted by Gasteiger charge is 2.12. The molecule has 7 heteroatoms. The Hall–Kier alpha value is -1.63. The number of carbonyl (C=O) groups excluding carboxylic acids is 1. The number of aryl methyl sites for hydroxylation is 1. The summed E-state index contributed by atoms with van der Waals surface area (Å²) in [5, 5.41) is 3.46. The van der Waals surface area contributed by atoms with Crippen molar-refractivity contribution in [3.63, 3.8) is 0 Å². The van der Waals surface area contributed by atoms with E-state index < -0.39 is 0 Å². The lowest BCUT2D eigenvalue weighted by molar-refractivity contribution is -0.116. The zero-order valence-electron chi connectivity index (χ0n) is 12.9. The molecule has 0 unspecified atom stereocenters. The molecule has 3 rings (SSSR count). The van der Waals surface area contributed by atoms with Crippen molar-refractivity contribution in [1.82, 2.24) is 4.98 Å². The molecule has 0 saturated carbocycles. The number of halogens is 3. The zero-order chi connectivity index (χ0) is 17.8. The molecule has 1 N–H and O–H groups in total. The molecule has 0 bridgehead atoms. The van der Waals surface area contributed by atoms with Crippen molar-refractivity contribution in [2.45, 2.75) is 12.8 Å². The Morgan fingerprint density at radius 1 is 1.20 bits per heavy atom. The first kappa shape index (κ1) is 18.2. The number of hydrogen-bond donors (Lipinski definition) is 1. The summed E-state index contributed by atoms with van der Waals surface area (Å²) in [4.78, 5) is 16.4. The van der Waals surface area contributed by atoms with E-state index in [1.807, 2.05) is 36.4 Å². The number of nitrogens with one attached hydrogen (secondary N) is 1. The van der Waals surface area contributed by atoms with Crippen molar-refractivity contribution in [2.24, 2.45) is 0 Å². The minimum absolute atomic E-state index is 0.115. The normalized spacial score (nSPS) is 10.7.